The first-order valence-corrected chi connectivity index (χ1v) is 9.23. The summed E-state index contributed by atoms with van der Waals surface area (Å²) in [5.41, 5.74) is 1.83. The number of ketones is 1. The van der Waals surface area contributed by atoms with Gasteiger partial charge in [-0.3, -0.25) is 9.59 Å². The van der Waals surface area contributed by atoms with Gasteiger partial charge in [0.1, 0.15) is 12.2 Å². The van der Waals surface area contributed by atoms with Gasteiger partial charge in [-0.25, -0.2) is 0 Å². The fourth-order valence-corrected chi connectivity index (χ4v) is 3.25. The molecule has 3 rings (SSSR count). The van der Waals surface area contributed by atoms with Crippen LogP contribution in [0.2, 0.25) is 0 Å². The zero-order chi connectivity index (χ0) is 19.9. The number of aliphatic hydroxyl groups is 1. The van der Waals surface area contributed by atoms with E-state index in [1.165, 1.54) is 6.92 Å². The second-order valence-electron chi connectivity index (χ2n) is 6.79. The van der Waals surface area contributed by atoms with Crippen LogP contribution in [-0.4, -0.2) is 41.3 Å². The van der Waals surface area contributed by atoms with E-state index in [4.69, 9.17) is 14.2 Å². The number of benzene rings is 2. The van der Waals surface area contributed by atoms with Crippen molar-refractivity contribution in [2.75, 3.05) is 0 Å². The summed E-state index contributed by atoms with van der Waals surface area (Å²) in [6.07, 6.45) is -3.99. The molecule has 0 aromatic heterocycles. The summed E-state index contributed by atoms with van der Waals surface area (Å²) in [7, 11) is 0. The van der Waals surface area contributed by atoms with E-state index in [0.29, 0.717) is 0 Å². The number of esters is 1. The van der Waals surface area contributed by atoms with Gasteiger partial charge in [0, 0.05) is 13.3 Å². The summed E-state index contributed by atoms with van der Waals surface area (Å²) >= 11 is 0. The minimum Gasteiger partial charge on any atom is -0.452 e. The summed E-state index contributed by atoms with van der Waals surface area (Å²) < 4.78 is 17.1. The summed E-state index contributed by atoms with van der Waals surface area (Å²) in [4.78, 5) is 23.9. The van der Waals surface area contributed by atoms with Crippen LogP contribution >= 0.6 is 0 Å². The van der Waals surface area contributed by atoms with Gasteiger partial charge in [0.2, 0.25) is 0 Å². The van der Waals surface area contributed by atoms with E-state index >= 15 is 0 Å². The Balaban J connectivity index is 1.77. The predicted octanol–water partition coefficient (Wildman–Crippen LogP) is 2.42. The van der Waals surface area contributed by atoms with Gasteiger partial charge in [0.25, 0.3) is 0 Å². The van der Waals surface area contributed by atoms with Crippen LogP contribution in [0.25, 0.3) is 0 Å². The molecule has 1 N–H and O–H groups in total. The van der Waals surface area contributed by atoms with Crippen LogP contribution in [0.3, 0.4) is 0 Å². The highest BCUT2D eigenvalue weighted by atomic mass is 16.6. The van der Waals surface area contributed by atoms with Crippen LogP contribution in [0.5, 0.6) is 0 Å². The normalized spacial score (nSPS) is 24.7. The summed E-state index contributed by atoms with van der Waals surface area (Å²) in [5.74, 6) is -0.954. The highest BCUT2D eigenvalue weighted by Crippen LogP contribution is 2.27. The molecule has 0 unspecified atom stereocenters. The minimum atomic E-state index is -1.11. The zero-order valence-corrected chi connectivity index (χ0v) is 15.7. The van der Waals surface area contributed by atoms with Gasteiger partial charge in [0.15, 0.2) is 11.9 Å². The second kappa shape index (κ2) is 9.59. The minimum absolute atomic E-state index is 0.150. The van der Waals surface area contributed by atoms with Crippen molar-refractivity contribution in [1.29, 1.82) is 0 Å². The average molecular weight is 384 g/mol. The molecule has 1 aliphatic carbocycles. The first kappa shape index (κ1) is 20.2. The highest BCUT2D eigenvalue weighted by molar-refractivity contribution is 5.87. The molecule has 1 fully saturated rings. The van der Waals surface area contributed by atoms with Crippen molar-refractivity contribution in [3.63, 3.8) is 0 Å². The third-order valence-corrected chi connectivity index (χ3v) is 4.59. The van der Waals surface area contributed by atoms with Crippen LogP contribution in [0.1, 0.15) is 24.5 Å². The number of aliphatic hydroxyl groups excluding tert-OH is 1. The maximum absolute atomic E-state index is 12.4. The number of ether oxygens (including phenoxy) is 3. The van der Waals surface area contributed by atoms with Crippen molar-refractivity contribution >= 4 is 11.8 Å². The fourth-order valence-electron chi connectivity index (χ4n) is 3.25. The lowest BCUT2D eigenvalue weighted by Crippen LogP contribution is -2.57. The first-order valence-electron chi connectivity index (χ1n) is 9.23. The van der Waals surface area contributed by atoms with Gasteiger partial charge >= 0.3 is 5.97 Å². The van der Waals surface area contributed by atoms with Gasteiger partial charge in [-0.15, -0.1) is 0 Å². The highest BCUT2D eigenvalue weighted by Gasteiger charge is 2.47. The fraction of sp³-hybridized carbons (Fsp3) is 0.364. The maximum Gasteiger partial charge on any atom is 0.303 e. The monoisotopic (exact) mass is 384 g/mol. The van der Waals surface area contributed by atoms with Crippen LogP contribution in [0.15, 0.2) is 60.7 Å². The second-order valence-corrected chi connectivity index (χ2v) is 6.79. The number of carbonyl (C=O) groups is 2. The van der Waals surface area contributed by atoms with E-state index in [1.54, 1.807) is 0 Å². The van der Waals surface area contributed by atoms with E-state index in [2.05, 4.69) is 0 Å². The molecule has 6 heteroatoms. The largest absolute Gasteiger partial charge is 0.452 e. The quantitative estimate of drug-likeness (QED) is 0.739. The Hall–Kier alpha value is -2.54. The van der Waals surface area contributed by atoms with Crippen LogP contribution in [0, 0.1) is 0 Å². The summed E-state index contributed by atoms with van der Waals surface area (Å²) in [5, 5.41) is 10.5. The molecule has 4 atom stereocenters. The molecule has 0 aliphatic heterocycles. The molecule has 0 radical (unpaired) electrons. The van der Waals surface area contributed by atoms with Crippen molar-refractivity contribution in [2.45, 2.75) is 51.0 Å². The third-order valence-electron chi connectivity index (χ3n) is 4.59. The van der Waals surface area contributed by atoms with Crippen molar-refractivity contribution in [3.05, 3.63) is 71.8 Å². The Morgan fingerprint density at radius 1 is 0.929 bits per heavy atom. The zero-order valence-electron chi connectivity index (χ0n) is 15.7. The molecule has 148 valence electrons. The van der Waals surface area contributed by atoms with Crippen molar-refractivity contribution in [3.8, 4) is 0 Å². The number of Topliss-reactive ketones (excluding diaryl/α,β-unsaturated/α-hetero) is 1. The lowest BCUT2D eigenvalue weighted by Gasteiger charge is -2.38. The summed E-state index contributed by atoms with van der Waals surface area (Å²) in [6.45, 7) is 1.69. The molecule has 1 saturated carbocycles. The molecule has 1 aliphatic rings. The van der Waals surface area contributed by atoms with E-state index in [0.717, 1.165) is 11.1 Å². The van der Waals surface area contributed by atoms with Crippen molar-refractivity contribution in [1.82, 2.24) is 0 Å². The first-order chi connectivity index (χ1) is 13.5. The Morgan fingerprint density at radius 2 is 1.43 bits per heavy atom. The van der Waals surface area contributed by atoms with E-state index in [9.17, 15) is 14.7 Å². The third kappa shape index (κ3) is 5.25. The lowest BCUT2D eigenvalue weighted by atomic mass is 9.88. The lowest BCUT2D eigenvalue weighted by molar-refractivity contribution is -0.202. The molecular weight excluding hydrogens is 360 g/mol. The van der Waals surface area contributed by atoms with Gasteiger partial charge in [-0.2, -0.15) is 0 Å². The number of hydrogen-bond acceptors (Lipinski definition) is 6. The molecule has 0 saturated heterocycles. The Bertz CT molecular complexity index is 776. The molecule has 0 heterocycles. The molecule has 28 heavy (non-hydrogen) atoms. The van der Waals surface area contributed by atoms with Crippen LogP contribution < -0.4 is 0 Å². The van der Waals surface area contributed by atoms with Crippen molar-refractivity contribution in [2.24, 2.45) is 0 Å². The Morgan fingerprint density at radius 3 is 1.93 bits per heavy atom. The number of rotatable bonds is 7. The maximum atomic E-state index is 12.4. The van der Waals surface area contributed by atoms with E-state index in [-0.39, 0.29) is 25.4 Å². The standard InChI is InChI=1S/C22H24O6/c1-15(23)28-21-19(25)12-18(24)20(26-13-16-8-4-2-5-9-16)22(21)27-14-17-10-6-3-7-11-17/h2-11,18,20-22,24H,12-14H2,1H3/t18-,20+,21-,22-/m1/s1. The topological polar surface area (TPSA) is 82.1 Å². The number of hydrogen-bond donors (Lipinski definition) is 1. The predicted molar refractivity (Wildman–Crippen MR) is 101 cm³/mol. The number of carbonyl (C=O) groups excluding carboxylic acids is 2. The molecular formula is C22H24O6. The molecule has 0 amide bonds. The molecule has 2 aromatic rings. The molecule has 2 aromatic carbocycles. The molecule has 0 bridgehead atoms. The van der Waals surface area contributed by atoms with Crippen molar-refractivity contribution < 1.29 is 28.9 Å². The van der Waals surface area contributed by atoms with Gasteiger partial charge in [-0.05, 0) is 11.1 Å². The van der Waals surface area contributed by atoms with E-state index in [1.807, 2.05) is 60.7 Å². The van der Waals surface area contributed by atoms with Crippen LogP contribution in [0.4, 0.5) is 0 Å². The Labute approximate surface area is 164 Å². The van der Waals surface area contributed by atoms with E-state index < -0.39 is 30.4 Å². The van der Waals surface area contributed by atoms with Crippen LogP contribution in [-0.2, 0) is 37.0 Å². The van der Waals surface area contributed by atoms with Gasteiger partial charge < -0.3 is 19.3 Å². The molecule has 0 spiro atoms. The Kier molecular flexibility index (Phi) is 6.92. The summed E-state index contributed by atoms with van der Waals surface area (Å²) in [6, 6.07) is 18.9. The molecule has 6 nitrogen and oxygen atoms in total. The smallest absolute Gasteiger partial charge is 0.303 e. The van der Waals surface area contributed by atoms with Gasteiger partial charge in [0.05, 0.1) is 19.3 Å². The van der Waals surface area contributed by atoms with Gasteiger partial charge in [-0.1, -0.05) is 60.7 Å². The SMILES string of the molecule is CC(=O)O[C@@H]1C(=O)C[C@@H](O)[C@H](OCc2ccccc2)[C@H]1OCc1ccccc1. The average Bonchev–Trinajstić information content (AvgIpc) is 2.69.